The summed E-state index contributed by atoms with van der Waals surface area (Å²) in [6.07, 6.45) is 11.7. The van der Waals surface area contributed by atoms with E-state index in [1.165, 1.54) is 0 Å². The summed E-state index contributed by atoms with van der Waals surface area (Å²) in [5.74, 6) is -0.517. The van der Waals surface area contributed by atoms with Crippen molar-refractivity contribution in [2.75, 3.05) is 6.61 Å². The number of nitrogens with one attached hydrogen (secondary N) is 1. The molecule has 2 heterocycles. The van der Waals surface area contributed by atoms with Gasteiger partial charge < -0.3 is 15.2 Å². The predicted molar refractivity (Wildman–Crippen MR) is 124 cm³/mol. The Morgan fingerprint density at radius 3 is 2.39 bits per heavy atom. The monoisotopic (exact) mass is 443 g/mol. The molecule has 168 valence electrons. The van der Waals surface area contributed by atoms with E-state index in [4.69, 9.17) is 9.84 Å². The molecule has 4 rings (SSSR count). The molecule has 2 aromatic heterocycles. The number of carboxylic acids is 1. The molecule has 0 radical (unpaired) electrons. The van der Waals surface area contributed by atoms with Crippen LogP contribution in [-0.4, -0.2) is 33.6 Å². The van der Waals surface area contributed by atoms with Crippen LogP contribution in [-0.2, 0) is 16.0 Å². The summed E-state index contributed by atoms with van der Waals surface area (Å²) in [5.41, 5.74) is 4.87. The van der Waals surface area contributed by atoms with Crippen molar-refractivity contribution in [1.29, 1.82) is 0 Å². The molecular formula is C26H25N3O4. The van der Waals surface area contributed by atoms with E-state index in [9.17, 15) is 9.59 Å². The summed E-state index contributed by atoms with van der Waals surface area (Å²) in [6.45, 7) is -0.373. The van der Waals surface area contributed by atoms with Gasteiger partial charge in [0.05, 0.1) is 6.04 Å². The van der Waals surface area contributed by atoms with Crippen LogP contribution in [0, 0.1) is 0 Å². The topological polar surface area (TPSA) is 101 Å². The zero-order valence-corrected chi connectivity index (χ0v) is 18.1. The smallest absolute Gasteiger partial charge is 0.341 e. The minimum absolute atomic E-state index is 0.106. The molecule has 1 aliphatic rings. The molecule has 7 heteroatoms. The van der Waals surface area contributed by atoms with E-state index in [-0.39, 0.29) is 25.0 Å². The molecule has 0 saturated carbocycles. The first kappa shape index (κ1) is 22.2. The number of allylic oxidation sites excluding steroid dienone is 1. The zero-order valence-electron chi connectivity index (χ0n) is 18.1. The van der Waals surface area contributed by atoms with Crippen molar-refractivity contribution in [1.82, 2.24) is 15.3 Å². The molecule has 0 saturated heterocycles. The Morgan fingerprint density at radius 1 is 1.03 bits per heavy atom. The third-order valence-corrected chi connectivity index (χ3v) is 5.58. The summed E-state index contributed by atoms with van der Waals surface area (Å²) < 4.78 is 5.47. The van der Waals surface area contributed by atoms with Crippen molar-refractivity contribution in [3.63, 3.8) is 0 Å². The third kappa shape index (κ3) is 5.63. The average molecular weight is 444 g/mol. The van der Waals surface area contributed by atoms with Gasteiger partial charge in [-0.05, 0) is 59.7 Å². The van der Waals surface area contributed by atoms with E-state index in [1.54, 1.807) is 30.9 Å². The first-order chi connectivity index (χ1) is 16.1. The summed E-state index contributed by atoms with van der Waals surface area (Å²) in [7, 11) is 0. The molecule has 0 atom stereocenters. The average Bonchev–Trinajstić information content (AvgIpc) is 2.85. The zero-order chi connectivity index (χ0) is 23.0. The van der Waals surface area contributed by atoms with Gasteiger partial charge in [-0.25, -0.2) is 4.79 Å². The van der Waals surface area contributed by atoms with Crippen LogP contribution in [0.25, 0.3) is 5.57 Å². The number of ether oxygens (including phenoxy) is 1. The largest absolute Gasteiger partial charge is 0.482 e. The van der Waals surface area contributed by atoms with Crippen molar-refractivity contribution in [3.05, 3.63) is 95.6 Å². The van der Waals surface area contributed by atoms with Crippen molar-refractivity contribution < 1.29 is 19.4 Å². The number of nitrogens with zero attached hydrogens (tertiary/aromatic N) is 2. The number of fused-ring (bicyclic) bond motifs is 1. The molecule has 0 unspecified atom stereocenters. The van der Waals surface area contributed by atoms with Crippen molar-refractivity contribution in [3.8, 4) is 5.75 Å². The molecule has 0 fully saturated rings. The SMILES string of the molecule is O=C(O)COc1cccc2c1CCCC2=CCC(=O)NC(c1cccnc1)c1cccnc1. The fourth-order valence-corrected chi connectivity index (χ4v) is 4.09. The van der Waals surface area contributed by atoms with Crippen LogP contribution >= 0.6 is 0 Å². The molecule has 0 spiro atoms. The second-order valence-corrected chi connectivity index (χ2v) is 7.82. The van der Waals surface area contributed by atoms with Crippen LogP contribution < -0.4 is 10.1 Å². The number of carbonyl (C=O) groups excluding carboxylic acids is 1. The molecule has 0 bridgehead atoms. The van der Waals surface area contributed by atoms with Crippen LogP contribution in [0.1, 0.15) is 47.6 Å². The summed E-state index contributed by atoms with van der Waals surface area (Å²) in [6, 6.07) is 12.9. The van der Waals surface area contributed by atoms with Gasteiger partial charge in [-0.3, -0.25) is 14.8 Å². The highest BCUT2D eigenvalue weighted by atomic mass is 16.5. The fraction of sp³-hybridized carbons (Fsp3) is 0.231. The van der Waals surface area contributed by atoms with E-state index in [1.807, 2.05) is 42.5 Å². The Morgan fingerprint density at radius 2 is 1.76 bits per heavy atom. The minimum atomic E-state index is -1.01. The van der Waals surface area contributed by atoms with Crippen molar-refractivity contribution in [2.45, 2.75) is 31.7 Å². The maximum atomic E-state index is 12.9. The van der Waals surface area contributed by atoms with Gasteiger partial charge in [-0.2, -0.15) is 0 Å². The molecule has 1 amide bonds. The van der Waals surface area contributed by atoms with Gasteiger partial charge in [0.1, 0.15) is 5.75 Å². The number of carbonyl (C=O) groups is 2. The van der Waals surface area contributed by atoms with Gasteiger partial charge in [-0.15, -0.1) is 0 Å². The molecular weight excluding hydrogens is 418 g/mol. The molecule has 1 aliphatic carbocycles. The molecule has 7 nitrogen and oxygen atoms in total. The Hall–Kier alpha value is -4.00. The molecule has 33 heavy (non-hydrogen) atoms. The number of pyridine rings is 2. The van der Waals surface area contributed by atoms with E-state index in [0.717, 1.165) is 47.1 Å². The van der Waals surface area contributed by atoms with Crippen LogP contribution in [0.2, 0.25) is 0 Å². The highest BCUT2D eigenvalue weighted by Crippen LogP contribution is 2.36. The Kier molecular flexibility index (Phi) is 7.09. The van der Waals surface area contributed by atoms with Gasteiger partial charge in [0.25, 0.3) is 0 Å². The molecule has 1 aromatic carbocycles. The Bertz CT molecular complexity index is 1110. The predicted octanol–water partition coefficient (Wildman–Crippen LogP) is 3.96. The second-order valence-electron chi connectivity index (χ2n) is 7.82. The van der Waals surface area contributed by atoms with E-state index in [2.05, 4.69) is 15.3 Å². The van der Waals surface area contributed by atoms with Crippen LogP contribution in [0.4, 0.5) is 0 Å². The van der Waals surface area contributed by atoms with Crippen molar-refractivity contribution >= 4 is 17.4 Å². The van der Waals surface area contributed by atoms with Gasteiger partial charge in [-0.1, -0.05) is 30.3 Å². The maximum Gasteiger partial charge on any atom is 0.341 e. The normalized spacial score (nSPS) is 14.0. The lowest BCUT2D eigenvalue weighted by Gasteiger charge is -2.22. The van der Waals surface area contributed by atoms with Crippen LogP contribution in [0.3, 0.4) is 0 Å². The maximum absolute atomic E-state index is 12.9. The first-order valence-electron chi connectivity index (χ1n) is 10.9. The van der Waals surface area contributed by atoms with Gasteiger partial charge in [0.2, 0.25) is 5.91 Å². The molecule has 2 N–H and O–H groups in total. The standard InChI is InChI=1S/C26H25N3O4/c30-24(29-26(19-6-3-13-27-15-19)20-7-4-14-28-16-20)12-11-18-5-1-9-22-21(18)8-2-10-23(22)33-17-25(31)32/h2-4,6-8,10-11,13-16,26H,1,5,9,12,17H2,(H,29,30)(H,31,32). The Balaban J connectivity index is 1.51. The van der Waals surface area contributed by atoms with Gasteiger partial charge in [0, 0.05) is 36.8 Å². The lowest BCUT2D eigenvalue weighted by Crippen LogP contribution is -2.29. The number of carboxylic acid groups (broad SMARTS) is 1. The van der Waals surface area contributed by atoms with E-state index < -0.39 is 5.97 Å². The van der Waals surface area contributed by atoms with Gasteiger partial charge in [0.15, 0.2) is 6.61 Å². The number of hydrogen-bond donors (Lipinski definition) is 2. The third-order valence-electron chi connectivity index (χ3n) is 5.58. The molecule has 3 aromatic rings. The quantitative estimate of drug-likeness (QED) is 0.547. The molecule has 0 aliphatic heterocycles. The number of benzene rings is 1. The first-order valence-corrected chi connectivity index (χ1v) is 10.9. The number of hydrogen-bond acceptors (Lipinski definition) is 5. The van der Waals surface area contributed by atoms with Gasteiger partial charge >= 0.3 is 5.97 Å². The van der Waals surface area contributed by atoms with E-state index in [0.29, 0.717) is 5.75 Å². The summed E-state index contributed by atoms with van der Waals surface area (Å²) >= 11 is 0. The van der Waals surface area contributed by atoms with Crippen LogP contribution in [0.5, 0.6) is 5.75 Å². The summed E-state index contributed by atoms with van der Waals surface area (Å²) in [5, 5.41) is 12.0. The lowest BCUT2D eigenvalue weighted by atomic mass is 9.86. The fourth-order valence-electron chi connectivity index (χ4n) is 4.09. The second kappa shape index (κ2) is 10.5. The lowest BCUT2D eigenvalue weighted by molar-refractivity contribution is -0.139. The number of rotatable bonds is 8. The van der Waals surface area contributed by atoms with E-state index >= 15 is 0 Å². The number of amides is 1. The number of aromatic nitrogens is 2. The highest BCUT2D eigenvalue weighted by Gasteiger charge is 2.20. The van der Waals surface area contributed by atoms with Crippen molar-refractivity contribution in [2.24, 2.45) is 0 Å². The highest BCUT2D eigenvalue weighted by molar-refractivity contribution is 5.82. The minimum Gasteiger partial charge on any atom is -0.482 e. The van der Waals surface area contributed by atoms with Crippen LogP contribution in [0.15, 0.2) is 73.3 Å². The summed E-state index contributed by atoms with van der Waals surface area (Å²) in [4.78, 5) is 32.2. The number of aliphatic carboxylic acids is 1. The Labute approximate surface area is 192 Å².